The Morgan fingerprint density at radius 3 is 2.39 bits per heavy atom. The van der Waals surface area contributed by atoms with Gasteiger partial charge in [-0.25, -0.2) is 4.98 Å². The Hall–Kier alpha value is -3.15. The van der Waals surface area contributed by atoms with Gasteiger partial charge in [-0.3, -0.25) is 4.79 Å². The smallest absolute Gasteiger partial charge is 0.256 e. The zero-order valence-electron chi connectivity index (χ0n) is 17.1. The summed E-state index contributed by atoms with van der Waals surface area (Å²) in [7, 11) is 0. The molecular weight excluding hydrogens is 426 g/mol. The van der Waals surface area contributed by atoms with Crippen molar-refractivity contribution >= 4 is 40.2 Å². The first-order chi connectivity index (χ1) is 15.1. The van der Waals surface area contributed by atoms with Crippen LogP contribution in [0, 0.1) is 6.92 Å². The van der Waals surface area contributed by atoms with Gasteiger partial charge >= 0.3 is 0 Å². The number of carbonyl (C=O) groups is 1. The number of anilines is 2. The molecule has 0 spiro atoms. The quantitative estimate of drug-likeness (QED) is 0.332. The summed E-state index contributed by atoms with van der Waals surface area (Å²) in [5.41, 5.74) is 5.30. The number of aromatic nitrogens is 1. The van der Waals surface area contributed by atoms with E-state index in [1.165, 1.54) is 0 Å². The Morgan fingerprint density at radius 1 is 0.968 bits per heavy atom. The fraction of sp³-hybridized carbons (Fsp3) is 0.120. The second-order valence-electron chi connectivity index (χ2n) is 7.12. The fourth-order valence-electron chi connectivity index (χ4n) is 3.29. The molecule has 0 saturated heterocycles. The van der Waals surface area contributed by atoms with Gasteiger partial charge in [0, 0.05) is 40.3 Å². The predicted molar refractivity (Wildman–Crippen MR) is 130 cm³/mol. The largest absolute Gasteiger partial charge is 0.385 e. The molecule has 0 aliphatic rings. The van der Waals surface area contributed by atoms with Crippen molar-refractivity contribution in [2.45, 2.75) is 13.3 Å². The predicted octanol–water partition coefficient (Wildman–Crippen LogP) is 6.68. The molecule has 4 aromatic rings. The third-order valence-electron chi connectivity index (χ3n) is 4.85. The number of nitrogens with zero attached hydrogens (tertiary/aromatic N) is 1. The van der Waals surface area contributed by atoms with Crippen molar-refractivity contribution < 1.29 is 4.79 Å². The second-order valence-corrected chi connectivity index (χ2v) is 8.62. The molecular formula is C25H22ClN3OS. The highest BCUT2D eigenvalue weighted by molar-refractivity contribution is 7.09. The van der Waals surface area contributed by atoms with Crippen molar-refractivity contribution in [2.24, 2.45) is 0 Å². The van der Waals surface area contributed by atoms with Crippen molar-refractivity contribution in [3.8, 4) is 11.1 Å². The maximum absolute atomic E-state index is 12.9. The monoisotopic (exact) mass is 447 g/mol. The summed E-state index contributed by atoms with van der Waals surface area (Å²) in [5, 5.41) is 10.2. The molecule has 31 heavy (non-hydrogen) atoms. The number of carbonyl (C=O) groups excluding carboxylic acids is 1. The van der Waals surface area contributed by atoms with Crippen molar-refractivity contribution in [3.63, 3.8) is 0 Å². The molecule has 0 radical (unpaired) electrons. The number of amides is 1. The highest BCUT2D eigenvalue weighted by Crippen LogP contribution is 2.26. The average molecular weight is 448 g/mol. The van der Waals surface area contributed by atoms with Crippen LogP contribution in [0.15, 0.2) is 78.2 Å². The van der Waals surface area contributed by atoms with Gasteiger partial charge in [0.2, 0.25) is 0 Å². The van der Waals surface area contributed by atoms with E-state index in [9.17, 15) is 4.79 Å². The molecule has 4 nitrogen and oxygen atoms in total. The normalized spacial score (nSPS) is 10.6. The van der Waals surface area contributed by atoms with Crippen LogP contribution in [0.5, 0.6) is 0 Å². The number of hydrogen-bond donors (Lipinski definition) is 2. The summed E-state index contributed by atoms with van der Waals surface area (Å²) in [4.78, 5) is 17.4. The molecule has 2 N–H and O–H groups in total. The molecule has 1 amide bonds. The summed E-state index contributed by atoms with van der Waals surface area (Å²) in [6.07, 6.45) is 0.879. The minimum Gasteiger partial charge on any atom is -0.385 e. The van der Waals surface area contributed by atoms with Crippen molar-refractivity contribution in [1.82, 2.24) is 4.98 Å². The van der Waals surface area contributed by atoms with E-state index in [-0.39, 0.29) is 5.91 Å². The lowest BCUT2D eigenvalue weighted by molar-refractivity contribution is 0.102. The van der Waals surface area contributed by atoms with Crippen LogP contribution in [-0.4, -0.2) is 17.4 Å². The Morgan fingerprint density at radius 2 is 1.68 bits per heavy atom. The van der Waals surface area contributed by atoms with Gasteiger partial charge in [-0.15, -0.1) is 11.3 Å². The first-order valence-electron chi connectivity index (χ1n) is 10.00. The summed E-state index contributed by atoms with van der Waals surface area (Å²) in [5.74, 6) is -0.148. The lowest BCUT2D eigenvalue weighted by Gasteiger charge is -2.11. The summed E-state index contributed by atoms with van der Waals surface area (Å²) < 4.78 is 0. The van der Waals surface area contributed by atoms with Crippen LogP contribution in [0.4, 0.5) is 11.4 Å². The van der Waals surface area contributed by atoms with Gasteiger partial charge in [0.15, 0.2) is 0 Å². The number of rotatable bonds is 7. The van der Waals surface area contributed by atoms with Crippen LogP contribution >= 0.6 is 22.9 Å². The molecule has 156 valence electrons. The Bertz CT molecular complexity index is 1170. The highest BCUT2D eigenvalue weighted by atomic mass is 35.5. The zero-order chi connectivity index (χ0) is 21.6. The number of nitrogens with one attached hydrogen (secondary N) is 2. The Kier molecular flexibility index (Phi) is 6.65. The van der Waals surface area contributed by atoms with E-state index < -0.39 is 0 Å². The van der Waals surface area contributed by atoms with Gasteiger partial charge in [-0.1, -0.05) is 41.9 Å². The van der Waals surface area contributed by atoms with Gasteiger partial charge in [-0.05, 0) is 60.5 Å². The number of hydrogen-bond acceptors (Lipinski definition) is 4. The summed E-state index contributed by atoms with van der Waals surface area (Å²) in [6.45, 7) is 2.83. The van der Waals surface area contributed by atoms with Gasteiger partial charge < -0.3 is 10.6 Å². The fourth-order valence-corrected chi connectivity index (χ4v) is 4.06. The molecule has 4 rings (SSSR count). The van der Waals surface area contributed by atoms with Gasteiger partial charge in [-0.2, -0.15) is 0 Å². The third kappa shape index (κ3) is 5.51. The summed E-state index contributed by atoms with van der Waals surface area (Å²) >= 11 is 7.67. The molecule has 0 aliphatic carbocycles. The van der Waals surface area contributed by atoms with Crippen LogP contribution in [0.1, 0.15) is 21.1 Å². The Labute approximate surface area is 190 Å². The molecule has 1 heterocycles. The van der Waals surface area contributed by atoms with Crippen molar-refractivity contribution in [3.05, 3.63) is 99.5 Å². The molecule has 0 saturated carbocycles. The lowest BCUT2D eigenvalue weighted by Crippen LogP contribution is -2.13. The molecule has 0 atom stereocenters. The average Bonchev–Trinajstić information content (AvgIpc) is 3.20. The second kappa shape index (κ2) is 9.77. The molecule has 0 aliphatic heterocycles. The van der Waals surface area contributed by atoms with Crippen molar-refractivity contribution in [2.75, 3.05) is 17.2 Å². The highest BCUT2D eigenvalue weighted by Gasteiger charge is 2.12. The topological polar surface area (TPSA) is 54.0 Å². The van der Waals surface area contributed by atoms with Crippen molar-refractivity contribution in [1.29, 1.82) is 0 Å². The standard InChI is InChI=1S/C25H22ClN3OS/c1-17-28-22(16-31-17)14-15-27-20-10-12-21(13-11-20)29-25(30)24-5-3-2-4-23(24)18-6-8-19(26)9-7-18/h2-13,16,27H,14-15H2,1H3,(H,29,30). The Balaban J connectivity index is 1.39. The van der Waals surface area contributed by atoms with Crippen LogP contribution in [0.2, 0.25) is 5.02 Å². The van der Waals surface area contributed by atoms with Crippen LogP contribution in [0.3, 0.4) is 0 Å². The maximum Gasteiger partial charge on any atom is 0.256 e. The first-order valence-corrected chi connectivity index (χ1v) is 11.3. The van der Waals surface area contributed by atoms with E-state index in [0.29, 0.717) is 10.6 Å². The van der Waals surface area contributed by atoms with Crippen LogP contribution in [-0.2, 0) is 6.42 Å². The molecule has 6 heteroatoms. The minimum absolute atomic E-state index is 0.148. The minimum atomic E-state index is -0.148. The first kappa shape index (κ1) is 21.1. The maximum atomic E-state index is 12.9. The molecule has 0 bridgehead atoms. The zero-order valence-corrected chi connectivity index (χ0v) is 18.6. The third-order valence-corrected chi connectivity index (χ3v) is 5.92. The number of thiazole rings is 1. The number of halogens is 1. The molecule has 0 unspecified atom stereocenters. The van der Waals surface area contributed by atoms with E-state index in [2.05, 4.69) is 21.0 Å². The van der Waals surface area contributed by atoms with Gasteiger partial charge in [0.05, 0.1) is 10.7 Å². The van der Waals surface area contributed by atoms with Crippen LogP contribution in [0.25, 0.3) is 11.1 Å². The number of benzene rings is 3. The van der Waals surface area contributed by atoms with Gasteiger partial charge in [0.25, 0.3) is 5.91 Å². The summed E-state index contributed by atoms with van der Waals surface area (Å²) in [6, 6.07) is 22.8. The SMILES string of the molecule is Cc1nc(CCNc2ccc(NC(=O)c3ccccc3-c3ccc(Cl)cc3)cc2)cs1. The molecule has 0 fully saturated rings. The van der Waals surface area contributed by atoms with E-state index >= 15 is 0 Å². The molecule has 1 aromatic heterocycles. The van der Waals surface area contributed by atoms with Crippen LogP contribution < -0.4 is 10.6 Å². The number of aryl methyl sites for hydroxylation is 1. The van der Waals surface area contributed by atoms with Gasteiger partial charge in [0.1, 0.15) is 0 Å². The lowest BCUT2D eigenvalue weighted by atomic mass is 9.99. The van der Waals surface area contributed by atoms with E-state index in [1.807, 2.05) is 79.7 Å². The van der Waals surface area contributed by atoms with E-state index in [0.717, 1.165) is 46.2 Å². The van der Waals surface area contributed by atoms with E-state index in [4.69, 9.17) is 11.6 Å². The van der Waals surface area contributed by atoms with E-state index in [1.54, 1.807) is 11.3 Å². The molecule has 3 aromatic carbocycles.